The molecule has 0 radical (unpaired) electrons. The molecule has 0 spiro atoms. The molecule has 0 unspecified atom stereocenters. The van der Waals surface area contributed by atoms with Gasteiger partial charge in [0.15, 0.2) is 0 Å². The van der Waals surface area contributed by atoms with Crippen molar-refractivity contribution < 1.29 is 8.83 Å². The summed E-state index contributed by atoms with van der Waals surface area (Å²) in [6.07, 6.45) is 1.79. The van der Waals surface area contributed by atoms with Crippen molar-refractivity contribution >= 4 is 43.9 Å². The molecule has 2 aromatic heterocycles. The molecule has 0 N–H and O–H groups in total. The minimum Gasteiger partial charge on any atom is -0.456 e. The third kappa shape index (κ3) is 3.31. The standard InChI is InChI=1S/C50H28O2/c1-3-11-29-27(9-1)25-39-31(29)17-19-33-34-20-18-32-30-12-4-2-10-28(30)26-40(32)46(34)50-36(22-24-44-48(50)38-14-6-8-16-42(38)52-44)35-21-23-43-47(49(35)45(33)39)37-13-5-7-15-41(37)51-43/h1-24H,25-26H2. The third-order valence-corrected chi connectivity index (χ3v) is 12.1. The Balaban J connectivity index is 1.29. The van der Waals surface area contributed by atoms with Crippen molar-refractivity contribution in [3.8, 4) is 66.8 Å². The van der Waals surface area contributed by atoms with E-state index in [4.69, 9.17) is 8.83 Å². The van der Waals surface area contributed by atoms with Crippen molar-refractivity contribution in [3.05, 3.63) is 168 Å². The van der Waals surface area contributed by atoms with E-state index >= 15 is 0 Å². The summed E-state index contributed by atoms with van der Waals surface area (Å²) in [5, 5.41) is 4.66. The largest absolute Gasteiger partial charge is 0.456 e. The van der Waals surface area contributed by atoms with Gasteiger partial charge in [-0.05, 0) is 127 Å². The molecule has 0 saturated carbocycles. The van der Waals surface area contributed by atoms with Gasteiger partial charge in [-0.2, -0.15) is 0 Å². The minimum absolute atomic E-state index is 0.893. The fourth-order valence-electron chi connectivity index (χ4n) is 10.0. The van der Waals surface area contributed by atoms with Gasteiger partial charge in [-0.15, -0.1) is 0 Å². The molecule has 0 bridgehead atoms. The fraction of sp³-hybridized carbons (Fsp3) is 0.0400. The van der Waals surface area contributed by atoms with E-state index in [1.54, 1.807) is 0 Å². The lowest BCUT2D eigenvalue weighted by Crippen LogP contribution is -2.03. The van der Waals surface area contributed by atoms with Crippen LogP contribution in [0.3, 0.4) is 0 Å². The van der Waals surface area contributed by atoms with Gasteiger partial charge in [0, 0.05) is 32.7 Å². The second kappa shape index (κ2) is 9.57. The first kappa shape index (κ1) is 27.1. The molecule has 3 aliphatic carbocycles. The summed E-state index contributed by atoms with van der Waals surface area (Å²) in [6, 6.07) is 53.6. The van der Waals surface area contributed by atoms with Crippen LogP contribution >= 0.6 is 0 Å². The second-order valence-corrected chi connectivity index (χ2v) is 14.6. The fourth-order valence-corrected chi connectivity index (χ4v) is 10.0. The molecule has 3 aliphatic rings. The lowest BCUT2D eigenvalue weighted by molar-refractivity contribution is 0.668. The number of rotatable bonds is 0. The van der Waals surface area contributed by atoms with Crippen LogP contribution in [0.2, 0.25) is 0 Å². The first-order valence-corrected chi connectivity index (χ1v) is 18.2. The number of hydrogen-bond donors (Lipinski definition) is 0. The van der Waals surface area contributed by atoms with Crippen molar-refractivity contribution in [2.75, 3.05) is 0 Å². The molecule has 0 aliphatic heterocycles. The molecule has 2 nitrogen and oxygen atoms in total. The van der Waals surface area contributed by atoms with Crippen molar-refractivity contribution in [2.24, 2.45) is 0 Å². The molecular formula is C50H28O2. The summed E-state index contributed by atoms with van der Waals surface area (Å²) in [5.74, 6) is 0. The maximum absolute atomic E-state index is 6.64. The average molecular weight is 661 g/mol. The molecule has 0 amide bonds. The summed E-state index contributed by atoms with van der Waals surface area (Å²) in [7, 11) is 0. The van der Waals surface area contributed by atoms with Crippen molar-refractivity contribution in [3.63, 3.8) is 0 Å². The van der Waals surface area contributed by atoms with Crippen LogP contribution in [0.15, 0.2) is 154 Å². The van der Waals surface area contributed by atoms with Crippen LogP contribution in [0.4, 0.5) is 0 Å². The van der Waals surface area contributed by atoms with Gasteiger partial charge in [-0.25, -0.2) is 0 Å². The monoisotopic (exact) mass is 660 g/mol. The number of para-hydroxylation sites is 2. The quantitative estimate of drug-likeness (QED) is 0.162. The Kier molecular flexibility index (Phi) is 4.99. The molecule has 2 heterocycles. The van der Waals surface area contributed by atoms with E-state index in [1.807, 2.05) is 0 Å². The summed E-state index contributed by atoms with van der Waals surface area (Å²) < 4.78 is 13.3. The van der Waals surface area contributed by atoms with Gasteiger partial charge in [-0.1, -0.05) is 109 Å². The Morgan fingerprint density at radius 3 is 1.17 bits per heavy atom. The topological polar surface area (TPSA) is 26.3 Å². The highest BCUT2D eigenvalue weighted by atomic mass is 16.3. The normalized spacial score (nSPS) is 13.2. The van der Waals surface area contributed by atoms with Crippen LogP contribution in [0, 0.1) is 0 Å². The molecular weight excluding hydrogens is 633 g/mol. The number of furan rings is 2. The summed E-state index contributed by atoms with van der Waals surface area (Å²) in [6.45, 7) is 0. The zero-order valence-electron chi connectivity index (χ0n) is 28.1. The molecule has 10 aromatic rings. The van der Waals surface area contributed by atoms with E-state index in [9.17, 15) is 0 Å². The van der Waals surface area contributed by atoms with Crippen LogP contribution in [-0.2, 0) is 12.8 Å². The van der Waals surface area contributed by atoms with Gasteiger partial charge in [0.2, 0.25) is 0 Å². The highest BCUT2D eigenvalue weighted by molar-refractivity contribution is 6.24. The molecule has 13 rings (SSSR count). The molecule has 2 heteroatoms. The maximum atomic E-state index is 6.64. The lowest BCUT2D eigenvalue weighted by atomic mass is 9.75. The van der Waals surface area contributed by atoms with Gasteiger partial charge >= 0.3 is 0 Å². The maximum Gasteiger partial charge on any atom is 0.136 e. The lowest BCUT2D eigenvalue weighted by Gasteiger charge is -2.27. The Labute approximate surface area is 299 Å². The van der Waals surface area contributed by atoms with E-state index < -0.39 is 0 Å². The predicted octanol–water partition coefficient (Wildman–Crippen LogP) is 13.6. The Morgan fingerprint density at radius 1 is 0.288 bits per heavy atom. The highest BCUT2D eigenvalue weighted by Gasteiger charge is 2.35. The zero-order chi connectivity index (χ0) is 33.7. The summed E-state index contributed by atoms with van der Waals surface area (Å²) in [5.41, 5.74) is 24.7. The van der Waals surface area contributed by atoms with Gasteiger partial charge in [0.1, 0.15) is 22.3 Å². The van der Waals surface area contributed by atoms with Gasteiger partial charge in [0.25, 0.3) is 0 Å². The van der Waals surface area contributed by atoms with Gasteiger partial charge < -0.3 is 8.83 Å². The van der Waals surface area contributed by atoms with E-state index in [1.165, 1.54) is 99.8 Å². The molecule has 52 heavy (non-hydrogen) atoms. The van der Waals surface area contributed by atoms with Crippen molar-refractivity contribution in [1.29, 1.82) is 0 Å². The Hall–Kier alpha value is -6.64. The molecule has 0 atom stereocenters. The molecule has 0 saturated heterocycles. The van der Waals surface area contributed by atoms with E-state index in [0.29, 0.717) is 0 Å². The zero-order valence-corrected chi connectivity index (χ0v) is 28.1. The second-order valence-electron chi connectivity index (χ2n) is 14.6. The van der Waals surface area contributed by atoms with E-state index in [-0.39, 0.29) is 0 Å². The smallest absolute Gasteiger partial charge is 0.136 e. The van der Waals surface area contributed by atoms with Gasteiger partial charge in [-0.3, -0.25) is 0 Å². The number of benzene rings is 8. The van der Waals surface area contributed by atoms with Crippen molar-refractivity contribution in [1.82, 2.24) is 0 Å². The summed E-state index contributed by atoms with van der Waals surface area (Å²) >= 11 is 0. The van der Waals surface area contributed by atoms with Crippen LogP contribution in [-0.4, -0.2) is 0 Å². The summed E-state index contributed by atoms with van der Waals surface area (Å²) in [4.78, 5) is 0. The number of hydrogen-bond acceptors (Lipinski definition) is 2. The van der Waals surface area contributed by atoms with Crippen molar-refractivity contribution in [2.45, 2.75) is 12.8 Å². The Morgan fingerprint density at radius 2 is 0.673 bits per heavy atom. The van der Waals surface area contributed by atoms with E-state index in [0.717, 1.165) is 45.9 Å². The molecule has 8 aromatic carbocycles. The molecule has 0 fully saturated rings. The SMILES string of the molecule is c1ccc2c(c1)Cc1c-2ccc2c1-c1c(ccc3oc4ccccc4c13)-c1ccc3oc4ccccc4c3c1-c1c-2ccc2c1Cc1ccccc1-2. The van der Waals surface area contributed by atoms with Crippen LogP contribution in [0.25, 0.3) is 111 Å². The predicted molar refractivity (Wildman–Crippen MR) is 213 cm³/mol. The average Bonchev–Trinajstić information content (AvgIpc) is 3.96. The van der Waals surface area contributed by atoms with Gasteiger partial charge in [0.05, 0.1) is 0 Å². The highest BCUT2D eigenvalue weighted by Crippen LogP contribution is 2.59. The van der Waals surface area contributed by atoms with E-state index in [2.05, 4.69) is 146 Å². The minimum atomic E-state index is 0.893. The third-order valence-electron chi connectivity index (χ3n) is 12.1. The Bertz CT molecular complexity index is 3020. The van der Waals surface area contributed by atoms with Crippen LogP contribution in [0.1, 0.15) is 22.3 Å². The molecule has 240 valence electrons. The van der Waals surface area contributed by atoms with Crippen LogP contribution < -0.4 is 0 Å². The number of fused-ring (bicyclic) bond motifs is 24. The first-order chi connectivity index (χ1) is 25.8. The van der Waals surface area contributed by atoms with Crippen LogP contribution in [0.5, 0.6) is 0 Å². The first-order valence-electron chi connectivity index (χ1n) is 18.2.